The van der Waals surface area contributed by atoms with Crippen LogP contribution < -0.4 is 10.9 Å². The van der Waals surface area contributed by atoms with E-state index in [4.69, 9.17) is 16.3 Å². The number of hydrogen-bond acceptors (Lipinski definition) is 6. The Hall–Kier alpha value is -3.49. The molecule has 1 amide bonds. The minimum atomic E-state index is -0.490. The minimum absolute atomic E-state index is 0.222. The van der Waals surface area contributed by atoms with Gasteiger partial charge >= 0.3 is 5.97 Å². The van der Waals surface area contributed by atoms with Crippen molar-refractivity contribution in [3.8, 4) is 0 Å². The molecule has 0 aliphatic heterocycles. The fraction of sp³-hybridized carbons (Fsp3) is 0.167. The van der Waals surface area contributed by atoms with E-state index in [1.165, 1.54) is 10.9 Å². The summed E-state index contributed by atoms with van der Waals surface area (Å²) in [7, 11) is 0. The highest BCUT2D eigenvalue weighted by atomic mass is 35.5. The van der Waals surface area contributed by atoms with Crippen molar-refractivity contribution in [1.29, 1.82) is 0 Å². The van der Waals surface area contributed by atoms with Crippen molar-refractivity contribution in [3.63, 3.8) is 0 Å². The zero-order valence-corrected chi connectivity index (χ0v) is 19.3. The molecule has 0 bridgehead atoms. The summed E-state index contributed by atoms with van der Waals surface area (Å²) in [5, 5.41) is 3.50. The van der Waals surface area contributed by atoms with Gasteiger partial charge in [0.15, 0.2) is 0 Å². The van der Waals surface area contributed by atoms with Crippen LogP contribution in [0.5, 0.6) is 0 Å². The van der Waals surface area contributed by atoms with Crippen LogP contribution in [-0.4, -0.2) is 28.0 Å². The molecule has 0 saturated carbocycles. The van der Waals surface area contributed by atoms with E-state index in [1.807, 2.05) is 30.3 Å². The quantitative estimate of drug-likeness (QED) is 0.394. The monoisotopic (exact) mass is 481 g/mol. The van der Waals surface area contributed by atoms with Gasteiger partial charge in [-0.25, -0.2) is 9.78 Å². The molecule has 1 N–H and O–H groups in total. The van der Waals surface area contributed by atoms with E-state index in [-0.39, 0.29) is 13.2 Å². The van der Waals surface area contributed by atoms with Crippen molar-refractivity contribution in [2.45, 2.75) is 19.9 Å². The Morgan fingerprint density at radius 1 is 1.15 bits per heavy atom. The average molecular weight is 482 g/mol. The summed E-state index contributed by atoms with van der Waals surface area (Å²) in [6, 6.07) is 16.4. The Bertz CT molecular complexity index is 1380. The summed E-state index contributed by atoms with van der Waals surface area (Å²) in [6.45, 7) is 1.70. The normalized spacial score (nSPS) is 10.8. The van der Waals surface area contributed by atoms with Gasteiger partial charge in [-0.15, -0.1) is 11.3 Å². The number of anilines is 1. The summed E-state index contributed by atoms with van der Waals surface area (Å²) < 4.78 is 6.63. The number of aromatic nitrogens is 2. The number of aryl methyl sites for hydroxylation is 1. The van der Waals surface area contributed by atoms with E-state index >= 15 is 0 Å². The Kier molecular flexibility index (Phi) is 6.86. The summed E-state index contributed by atoms with van der Waals surface area (Å²) in [5.74, 6) is -0.884. The molecular weight excluding hydrogens is 462 g/mol. The van der Waals surface area contributed by atoms with Crippen LogP contribution in [0.4, 0.5) is 5.69 Å². The van der Waals surface area contributed by atoms with E-state index in [1.54, 1.807) is 31.2 Å². The number of fused-ring (bicyclic) bond motifs is 1. The van der Waals surface area contributed by atoms with Gasteiger partial charge in [0.25, 0.3) is 5.56 Å². The molecule has 0 radical (unpaired) electrons. The van der Waals surface area contributed by atoms with Crippen molar-refractivity contribution >= 4 is 50.7 Å². The lowest BCUT2D eigenvalue weighted by Crippen LogP contribution is -2.27. The van der Waals surface area contributed by atoms with Crippen LogP contribution in [0.2, 0.25) is 5.02 Å². The van der Waals surface area contributed by atoms with Gasteiger partial charge in [0.1, 0.15) is 16.3 Å². The number of hydrogen-bond donors (Lipinski definition) is 1. The van der Waals surface area contributed by atoms with E-state index in [2.05, 4.69) is 10.3 Å². The number of benzene rings is 2. The molecule has 9 heteroatoms. The molecule has 33 heavy (non-hydrogen) atoms. The molecule has 2 aromatic heterocycles. The van der Waals surface area contributed by atoms with Crippen LogP contribution in [0.15, 0.2) is 65.7 Å². The fourth-order valence-electron chi connectivity index (χ4n) is 3.36. The van der Waals surface area contributed by atoms with E-state index in [0.717, 1.165) is 16.9 Å². The molecule has 2 aromatic carbocycles. The van der Waals surface area contributed by atoms with Gasteiger partial charge in [-0.05, 0) is 36.2 Å². The van der Waals surface area contributed by atoms with Crippen molar-refractivity contribution in [2.24, 2.45) is 0 Å². The van der Waals surface area contributed by atoms with Crippen molar-refractivity contribution in [1.82, 2.24) is 9.55 Å². The van der Waals surface area contributed by atoms with Crippen molar-refractivity contribution < 1.29 is 14.3 Å². The standard InChI is InChI=1S/C24H20ClN3O4S/c1-15-20-22(33-21(15)24(31)32-11-10-16-6-3-2-4-7-16)26-14-28(23(20)30)13-19(29)27-18-9-5-8-17(25)12-18/h2-9,12,14H,10-11,13H2,1H3,(H,27,29). The number of carbonyl (C=O) groups excluding carboxylic acids is 2. The highest BCUT2D eigenvalue weighted by molar-refractivity contribution is 7.20. The number of amides is 1. The number of rotatable bonds is 7. The zero-order valence-electron chi connectivity index (χ0n) is 17.7. The minimum Gasteiger partial charge on any atom is -0.461 e. The molecule has 0 aliphatic rings. The molecule has 4 rings (SSSR count). The number of thiophene rings is 1. The van der Waals surface area contributed by atoms with E-state index in [0.29, 0.717) is 37.8 Å². The third-order valence-corrected chi connectivity index (χ3v) is 6.41. The van der Waals surface area contributed by atoms with Crippen molar-refractivity contribution in [2.75, 3.05) is 11.9 Å². The summed E-state index contributed by atoms with van der Waals surface area (Å²) >= 11 is 7.04. The second-order valence-corrected chi connectivity index (χ2v) is 8.78. The Morgan fingerprint density at radius 3 is 2.70 bits per heavy atom. The molecule has 0 atom stereocenters. The first kappa shape index (κ1) is 22.7. The Morgan fingerprint density at radius 2 is 1.94 bits per heavy atom. The Balaban J connectivity index is 1.48. The number of halogens is 1. The Labute approximate surface area is 198 Å². The summed E-state index contributed by atoms with van der Waals surface area (Å²) in [4.78, 5) is 43.1. The maximum Gasteiger partial charge on any atom is 0.348 e. The van der Waals surface area contributed by atoms with Gasteiger partial charge in [0, 0.05) is 17.1 Å². The van der Waals surface area contributed by atoms with Crippen molar-refractivity contribution in [3.05, 3.63) is 92.3 Å². The van der Waals surface area contributed by atoms with Gasteiger partial charge in [0.05, 0.1) is 18.3 Å². The average Bonchev–Trinajstić information content (AvgIpc) is 3.13. The van der Waals surface area contributed by atoms with Gasteiger partial charge in [-0.2, -0.15) is 0 Å². The van der Waals surface area contributed by atoms with E-state index < -0.39 is 17.4 Å². The largest absolute Gasteiger partial charge is 0.461 e. The molecule has 0 saturated heterocycles. The molecule has 0 unspecified atom stereocenters. The maximum absolute atomic E-state index is 13.0. The van der Waals surface area contributed by atoms with Crippen LogP contribution >= 0.6 is 22.9 Å². The number of nitrogens with one attached hydrogen (secondary N) is 1. The molecular formula is C24H20ClN3O4S. The number of ether oxygens (including phenoxy) is 1. The van der Waals surface area contributed by atoms with Crippen LogP contribution in [0.25, 0.3) is 10.2 Å². The smallest absolute Gasteiger partial charge is 0.348 e. The second kappa shape index (κ2) is 9.97. The van der Waals surface area contributed by atoms with Crippen LogP contribution in [0, 0.1) is 6.92 Å². The third-order valence-electron chi connectivity index (χ3n) is 4.99. The number of nitrogens with zero attached hydrogens (tertiary/aromatic N) is 2. The van der Waals surface area contributed by atoms with Gasteiger partial charge in [-0.1, -0.05) is 48.0 Å². The number of carbonyl (C=O) groups is 2. The summed E-state index contributed by atoms with van der Waals surface area (Å²) in [5.41, 5.74) is 1.71. The van der Waals surface area contributed by atoms with Crippen LogP contribution in [0.3, 0.4) is 0 Å². The SMILES string of the molecule is Cc1c(C(=O)OCCc2ccccc2)sc2ncn(CC(=O)Nc3cccc(Cl)c3)c(=O)c12. The lowest BCUT2D eigenvalue weighted by atomic mass is 10.2. The predicted octanol–water partition coefficient (Wildman–Crippen LogP) is 4.46. The topological polar surface area (TPSA) is 90.3 Å². The van der Waals surface area contributed by atoms with E-state index in [9.17, 15) is 14.4 Å². The second-order valence-electron chi connectivity index (χ2n) is 7.34. The summed E-state index contributed by atoms with van der Waals surface area (Å²) in [6.07, 6.45) is 1.91. The first-order chi connectivity index (χ1) is 15.9. The van der Waals surface area contributed by atoms with Gasteiger partial charge < -0.3 is 10.1 Å². The lowest BCUT2D eigenvalue weighted by Gasteiger charge is -2.07. The molecule has 0 spiro atoms. The number of esters is 1. The lowest BCUT2D eigenvalue weighted by molar-refractivity contribution is -0.116. The molecule has 0 aliphatic carbocycles. The highest BCUT2D eigenvalue weighted by Crippen LogP contribution is 2.27. The maximum atomic E-state index is 13.0. The molecule has 7 nitrogen and oxygen atoms in total. The molecule has 2 heterocycles. The van der Waals surface area contributed by atoms with Crippen LogP contribution in [0.1, 0.15) is 20.8 Å². The predicted molar refractivity (Wildman–Crippen MR) is 129 cm³/mol. The van der Waals surface area contributed by atoms with Gasteiger partial charge in [-0.3, -0.25) is 14.2 Å². The molecule has 4 aromatic rings. The first-order valence-corrected chi connectivity index (χ1v) is 11.4. The molecule has 0 fully saturated rings. The fourth-order valence-corrected chi connectivity index (χ4v) is 4.58. The van der Waals surface area contributed by atoms with Crippen LogP contribution in [-0.2, 0) is 22.5 Å². The first-order valence-electron chi connectivity index (χ1n) is 10.2. The van der Waals surface area contributed by atoms with Gasteiger partial charge in [0.2, 0.25) is 5.91 Å². The zero-order chi connectivity index (χ0) is 23.4. The highest BCUT2D eigenvalue weighted by Gasteiger charge is 2.21. The third kappa shape index (κ3) is 5.30. The molecule has 168 valence electrons.